The summed E-state index contributed by atoms with van der Waals surface area (Å²) in [7, 11) is 6.11. The summed E-state index contributed by atoms with van der Waals surface area (Å²) >= 11 is 0. The van der Waals surface area contributed by atoms with Crippen molar-refractivity contribution in [1.29, 1.82) is 0 Å². The largest absolute Gasteiger partial charge is 0.370 e. The van der Waals surface area contributed by atoms with Gasteiger partial charge in [-0.2, -0.15) is 0 Å². The van der Waals surface area contributed by atoms with Gasteiger partial charge in [0.2, 0.25) is 0 Å². The summed E-state index contributed by atoms with van der Waals surface area (Å²) in [6.07, 6.45) is 0. The maximum absolute atomic E-state index is 4.82. The lowest BCUT2D eigenvalue weighted by molar-refractivity contribution is 1.36. The molecular formula is C7H26N10. The predicted octanol–water partition coefficient (Wildman–Crippen LogP) is -3.76. The van der Waals surface area contributed by atoms with E-state index in [1.807, 2.05) is 0 Å². The molecule has 10 nitrogen and oxygen atoms in total. The van der Waals surface area contributed by atoms with Gasteiger partial charge in [-0.05, 0) is 7.05 Å². The molecule has 0 heterocycles. The van der Waals surface area contributed by atoms with Crippen LogP contribution in [0.25, 0.3) is 0 Å². The van der Waals surface area contributed by atoms with E-state index in [0.29, 0.717) is 0 Å². The van der Waals surface area contributed by atoms with Gasteiger partial charge in [0.1, 0.15) is 0 Å². The highest BCUT2D eigenvalue weighted by molar-refractivity contribution is 5.75. The van der Waals surface area contributed by atoms with Crippen molar-refractivity contribution in [3.63, 3.8) is 0 Å². The minimum Gasteiger partial charge on any atom is -0.370 e. The quantitative estimate of drug-likeness (QED) is 0.168. The van der Waals surface area contributed by atoms with Crippen LogP contribution in [0.5, 0.6) is 0 Å². The molecule has 0 aliphatic heterocycles. The third kappa shape index (κ3) is 134. The van der Waals surface area contributed by atoms with E-state index >= 15 is 0 Å². The van der Waals surface area contributed by atoms with Crippen molar-refractivity contribution in [2.45, 2.75) is 0 Å². The standard InChI is InChI=1S/3C2H7N3.CH5N/c3*1-5-2(3)4;1-2/h3*1H3,(H4,3,4,5);2H2,1H3. The van der Waals surface area contributed by atoms with Gasteiger partial charge in [0, 0.05) is 21.1 Å². The van der Waals surface area contributed by atoms with E-state index in [-0.39, 0.29) is 17.9 Å². The molecule has 0 radical (unpaired) electrons. The Labute approximate surface area is 102 Å². The molecule has 0 bridgehead atoms. The smallest absolute Gasteiger partial charge is 0.185 e. The summed E-state index contributed by atoms with van der Waals surface area (Å²) in [5, 5.41) is 0. The molecule has 0 atom stereocenters. The Kier molecular flexibility index (Phi) is 33.4. The van der Waals surface area contributed by atoms with E-state index in [0.717, 1.165) is 0 Å². The monoisotopic (exact) mass is 250 g/mol. The van der Waals surface area contributed by atoms with Gasteiger partial charge in [-0.15, -0.1) is 0 Å². The van der Waals surface area contributed by atoms with Crippen LogP contribution in [0.4, 0.5) is 0 Å². The molecule has 0 aromatic heterocycles. The number of hydrogen-bond acceptors (Lipinski definition) is 4. The van der Waals surface area contributed by atoms with Gasteiger partial charge in [-0.25, -0.2) is 0 Å². The molecule has 14 N–H and O–H groups in total. The Morgan fingerprint density at radius 3 is 0.588 bits per heavy atom. The lowest BCUT2D eigenvalue weighted by Gasteiger charge is -1.77. The number of nitrogens with zero attached hydrogens (tertiary/aromatic N) is 3. The Morgan fingerprint density at radius 1 is 0.529 bits per heavy atom. The molecule has 0 rings (SSSR count). The van der Waals surface area contributed by atoms with E-state index in [9.17, 15) is 0 Å². The third-order valence-electron chi connectivity index (χ3n) is 0.775. The lowest BCUT2D eigenvalue weighted by Crippen LogP contribution is -2.21. The van der Waals surface area contributed by atoms with Gasteiger partial charge in [0.25, 0.3) is 0 Å². The topological polar surface area (TPSA) is 219 Å². The zero-order valence-corrected chi connectivity index (χ0v) is 10.9. The van der Waals surface area contributed by atoms with Crippen LogP contribution in [0, 0.1) is 0 Å². The molecule has 17 heavy (non-hydrogen) atoms. The molecule has 0 aromatic carbocycles. The minimum absolute atomic E-state index is 0.130. The van der Waals surface area contributed by atoms with E-state index in [1.54, 1.807) is 0 Å². The van der Waals surface area contributed by atoms with Gasteiger partial charge in [-0.1, -0.05) is 0 Å². The SMILES string of the molecule is CN.CN=C(N)N.CN=C(N)N.CN=C(N)N. The van der Waals surface area contributed by atoms with Crippen LogP contribution in [0.15, 0.2) is 15.0 Å². The molecule has 0 unspecified atom stereocenters. The van der Waals surface area contributed by atoms with Gasteiger partial charge < -0.3 is 40.1 Å². The molecule has 0 spiro atoms. The first-order chi connectivity index (χ1) is 7.81. The number of nitrogens with two attached hydrogens (primary N) is 7. The Morgan fingerprint density at radius 2 is 0.588 bits per heavy atom. The Balaban J connectivity index is -0.0000000693. The maximum atomic E-state index is 4.82. The van der Waals surface area contributed by atoms with Crippen LogP contribution in [-0.2, 0) is 0 Å². The van der Waals surface area contributed by atoms with Crippen LogP contribution < -0.4 is 40.1 Å². The molecule has 0 saturated carbocycles. The highest BCUT2D eigenvalue weighted by Gasteiger charge is 1.62. The van der Waals surface area contributed by atoms with Gasteiger partial charge in [0.05, 0.1) is 0 Å². The van der Waals surface area contributed by atoms with Crippen molar-refractivity contribution < 1.29 is 0 Å². The van der Waals surface area contributed by atoms with E-state index in [1.165, 1.54) is 28.2 Å². The van der Waals surface area contributed by atoms with Crippen LogP contribution in [-0.4, -0.2) is 46.1 Å². The van der Waals surface area contributed by atoms with Crippen molar-refractivity contribution in [2.24, 2.45) is 55.1 Å². The maximum Gasteiger partial charge on any atom is 0.185 e. The lowest BCUT2D eigenvalue weighted by atomic mass is 11.1. The second-order valence-electron chi connectivity index (χ2n) is 1.95. The fourth-order valence-corrected chi connectivity index (χ4v) is 0. The van der Waals surface area contributed by atoms with Crippen LogP contribution in [0.1, 0.15) is 0 Å². The Bertz CT molecular complexity index is 169. The fraction of sp³-hybridized carbons (Fsp3) is 0.571. The molecule has 10 heteroatoms. The highest BCUT2D eigenvalue weighted by atomic mass is 15.0. The number of rotatable bonds is 0. The third-order valence-corrected chi connectivity index (χ3v) is 0.775. The zero-order valence-electron chi connectivity index (χ0n) is 10.9. The fourth-order valence-electron chi connectivity index (χ4n) is 0. The van der Waals surface area contributed by atoms with Crippen LogP contribution >= 0.6 is 0 Å². The number of aliphatic imine (C=N–C) groups is 3. The summed E-state index contributed by atoms with van der Waals surface area (Å²) in [6.45, 7) is 0. The van der Waals surface area contributed by atoms with E-state index < -0.39 is 0 Å². The zero-order chi connectivity index (χ0) is 14.9. The van der Waals surface area contributed by atoms with Crippen molar-refractivity contribution in [2.75, 3.05) is 28.2 Å². The van der Waals surface area contributed by atoms with E-state index in [2.05, 4.69) is 20.7 Å². The average molecular weight is 250 g/mol. The predicted molar refractivity (Wildman–Crippen MR) is 75.3 cm³/mol. The second-order valence-corrected chi connectivity index (χ2v) is 1.95. The first-order valence-electron chi connectivity index (χ1n) is 4.32. The second kappa shape index (κ2) is 23.5. The summed E-state index contributed by atoms with van der Waals surface area (Å²) < 4.78 is 0. The molecular weight excluding hydrogens is 224 g/mol. The summed E-state index contributed by atoms with van der Waals surface area (Å²) in [4.78, 5) is 10.1. The van der Waals surface area contributed by atoms with Gasteiger partial charge >= 0.3 is 0 Å². The highest BCUT2D eigenvalue weighted by Crippen LogP contribution is 1.41. The summed E-state index contributed by atoms with van der Waals surface area (Å²) in [5.41, 5.74) is 33.4. The molecule has 104 valence electrons. The van der Waals surface area contributed by atoms with Gasteiger partial charge in [-0.3, -0.25) is 15.0 Å². The van der Waals surface area contributed by atoms with Crippen molar-refractivity contribution in [3.8, 4) is 0 Å². The van der Waals surface area contributed by atoms with Crippen LogP contribution in [0.3, 0.4) is 0 Å². The molecule has 0 amide bonds. The summed E-state index contributed by atoms with van der Waals surface area (Å²) in [5.74, 6) is 0.389. The molecule has 0 saturated heterocycles. The first-order valence-corrected chi connectivity index (χ1v) is 4.32. The van der Waals surface area contributed by atoms with Crippen molar-refractivity contribution >= 4 is 17.9 Å². The summed E-state index contributed by atoms with van der Waals surface area (Å²) in [6, 6.07) is 0. The van der Waals surface area contributed by atoms with Crippen LogP contribution in [0.2, 0.25) is 0 Å². The minimum atomic E-state index is 0.130. The normalized spacial score (nSPS) is 6.18. The molecule has 0 aliphatic rings. The number of hydrogen-bond donors (Lipinski definition) is 7. The first kappa shape index (κ1) is 24.1. The van der Waals surface area contributed by atoms with Gasteiger partial charge in [0.15, 0.2) is 17.9 Å². The Hall–Kier alpha value is -2.23. The molecule has 0 fully saturated rings. The molecule has 0 aromatic rings. The van der Waals surface area contributed by atoms with E-state index in [4.69, 9.17) is 34.4 Å². The molecule has 0 aliphatic carbocycles. The number of guanidine groups is 3. The average Bonchev–Trinajstić information content (AvgIpc) is 2.32. The van der Waals surface area contributed by atoms with Crippen molar-refractivity contribution in [3.05, 3.63) is 0 Å². The van der Waals surface area contributed by atoms with Crippen molar-refractivity contribution in [1.82, 2.24) is 0 Å².